The Balaban J connectivity index is 1.03. The molecule has 9 rings (SSSR count). The summed E-state index contributed by atoms with van der Waals surface area (Å²) in [6, 6.07) is 17.2. The van der Waals surface area contributed by atoms with Crippen LogP contribution in [0, 0.1) is 23.2 Å². The first-order valence-corrected chi connectivity index (χ1v) is 14.1. The summed E-state index contributed by atoms with van der Waals surface area (Å²) in [5.41, 5.74) is 7.12. The third-order valence-electron chi connectivity index (χ3n) is 10.5. The minimum Gasteiger partial charge on any atom is -0.448 e. The Hall–Kier alpha value is -2.59. The number of hydrogen-bond acceptors (Lipinski definition) is 3. The molecule has 2 aromatic carbocycles. The fourth-order valence-electron chi connectivity index (χ4n) is 9.45. The van der Waals surface area contributed by atoms with E-state index in [2.05, 4.69) is 54.6 Å². The van der Waals surface area contributed by atoms with Crippen LogP contribution in [0.2, 0.25) is 0 Å². The SMILES string of the molecule is O=C(OCC1c2ccccc2-c2ccccc21)N1C2C=C(C34CC5CC(CC(C5)C3)C4)CC1COC2. The van der Waals surface area contributed by atoms with Crippen molar-refractivity contribution in [2.75, 3.05) is 19.8 Å². The summed E-state index contributed by atoms with van der Waals surface area (Å²) in [6.45, 7) is 1.61. The number of rotatable bonds is 3. The number of ether oxygens (including phenoxy) is 2. The number of fused-ring (bicyclic) bond motifs is 5. The minimum atomic E-state index is -0.170. The predicted molar refractivity (Wildman–Crippen MR) is 139 cm³/mol. The molecule has 6 bridgehead atoms. The van der Waals surface area contributed by atoms with Crippen LogP contribution in [0.25, 0.3) is 11.1 Å². The maximum absolute atomic E-state index is 13.6. The van der Waals surface area contributed by atoms with Gasteiger partial charge in [0.1, 0.15) is 6.61 Å². The second kappa shape index (κ2) is 7.95. The topological polar surface area (TPSA) is 38.8 Å². The molecule has 2 unspecified atom stereocenters. The summed E-state index contributed by atoms with van der Waals surface area (Å²) in [6.07, 6.45) is 11.8. The lowest BCUT2D eigenvalue weighted by Gasteiger charge is -2.59. The van der Waals surface area contributed by atoms with Gasteiger partial charge in [0.05, 0.1) is 25.3 Å². The number of hydrogen-bond donors (Lipinski definition) is 0. The van der Waals surface area contributed by atoms with Crippen LogP contribution in [0.4, 0.5) is 4.79 Å². The maximum Gasteiger partial charge on any atom is 0.410 e. The van der Waals surface area contributed by atoms with Crippen molar-refractivity contribution in [3.05, 3.63) is 71.3 Å². The summed E-state index contributed by atoms with van der Waals surface area (Å²) in [5, 5.41) is 0. The van der Waals surface area contributed by atoms with E-state index in [0.717, 1.165) is 24.2 Å². The van der Waals surface area contributed by atoms with E-state index in [1.54, 1.807) is 5.57 Å². The molecule has 2 aliphatic heterocycles. The van der Waals surface area contributed by atoms with Gasteiger partial charge in [-0.2, -0.15) is 0 Å². The maximum atomic E-state index is 13.6. The molecule has 2 heterocycles. The average Bonchev–Trinajstić information content (AvgIpc) is 3.19. The van der Waals surface area contributed by atoms with Crippen LogP contribution in [0.5, 0.6) is 0 Å². The number of carbonyl (C=O) groups excluding carboxylic acids is 1. The Kier molecular flexibility index (Phi) is 4.75. The number of benzene rings is 2. The van der Waals surface area contributed by atoms with Gasteiger partial charge in [-0.05, 0) is 90.4 Å². The van der Waals surface area contributed by atoms with Gasteiger partial charge in [-0.1, -0.05) is 60.2 Å². The smallest absolute Gasteiger partial charge is 0.410 e. The fraction of sp³-hybridized carbons (Fsp3) is 0.531. The molecule has 4 nitrogen and oxygen atoms in total. The van der Waals surface area contributed by atoms with Crippen LogP contribution in [-0.4, -0.2) is 42.9 Å². The Morgan fingerprint density at radius 3 is 2.11 bits per heavy atom. The Morgan fingerprint density at radius 2 is 1.50 bits per heavy atom. The molecule has 1 amide bonds. The van der Waals surface area contributed by atoms with E-state index in [9.17, 15) is 4.79 Å². The third kappa shape index (κ3) is 3.19. The summed E-state index contributed by atoms with van der Waals surface area (Å²) < 4.78 is 12.1. The molecule has 0 radical (unpaired) electrons. The number of carbonyl (C=O) groups is 1. The first kappa shape index (κ1) is 21.5. The molecule has 2 aromatic rings. The quantitative estimate of drug-likeness (QED) is 0.467. The van der Waals surface area contributed by atoms with Crippen molar-refractivity contribution in [1.82, 2.24) is 4.90 Å². The van der Waals surface area contributed by atoms with Gasteiger partial charge in [-0.25, -0.2) is 4.79 Å². The van der Waals surface area contributed by atoms with Crippen LogP contribution in [0.3, 0.4) is 0 Å². The minimum absolute atomic E-state index is 0.0103. The lowest BCUT2D eigenvalue weighted by molar-refractivity contribution is -0.0582. The summed E-state index contributed by atoms with van der Waals surface area (Å²) in [5.74, 6) is 2.91. The molecular weight excluding hydrogens is 446 g/mol. The second-order valence-electron chi connectivity index (χ2n) is 12.6. The van der Waals surface area contributed by atoms with Crippen LogP contribution in [0.1, 0.15) is 62.0 Å². The summed E-state index contributed by atoms with van der Waals surface area (Å²) in [4.78, 5) is 15.6. The molecule has 5 fully saturated rings. The van der Waals surface area contributed by atoms with Crippen LogP contribution in [-0.2, 0) is 9.47 Å². The monoisotopic (exact) mass is 481 g/mol. The largest absolute Gasteiger partial charge is 0.448 e. The first-order chi connectivity index (χ1) is 17.7. The molecule has 0 aromatic heterocycles. The molecule has 4 heteroatoms. The molecule has 0 spiro atoms. The Morgan fingerprint density at radius 1 is 0.889 bits per heavy atom. The Labute approximate surface area is 213 Å². The zero-order chi connectivity index (χ0) is 23.9. The van der Waals surface area contributed by atoms with Crippen molar-refractivity contribution in [3.8, 4) is 11.1 Å². The van der Waals surface area contributed by atoms with Crippen molar-refractivity contribution < 1.29 is 14.3 Å². The first-order valence-electron chi connectivity index (χ1n) is 14.1. The van der Waals surface area contributed by atoms with E-state index in [1.807, 2.05) is 4.90 Å². The van der Waals surface area contributed by atoms with Crippen molar-refractivity contribution in [3.63, 3.8) is 0 Å². The van der Waals surface area contributed by atoms with Gasteiger partial charge in [-0.15, -0.1) is 0 Å². The zero-order valence-electron chi connectivity index (χ0n) is 20.9. The highest BCUT2D eigenvalue weighted by atomic mass is 16.6. The van der Waals surface area contributed by atoms with Crippen LogP contribution < -0.4 is 0 Å². The van der Waals surface area contributed by atoms with E-state index in [-0.39, 0.29) is 24.1 Å². The molecule has 4 saturated carbocycles. The number of morpholine rings is 1. The van der Waals surface area contributed by atoms with Gasteiger partial charge in [0, 0.05) is 5.92 Å². The van der Waals surface area contributed by atoms with Gasteiger partial charge in [0.25, 0.3) is 0 Å². The lowest BCUT2D eigenvalue weighted by atomic mass is 9.47. The third-order valence-corrected chi connectivity index (χ3v) is 10.5. The van der Waals surface area contributed by atoms with E-state index < -0.39 is 0 Å². The number of amides is 1. The molecule has 0 N–H and O–H groups in total. The second-order valence-corrected chi connectivity index (χ2v) is 12.6. The van der Waals surface area contributed by atoms with Gasteiger partial charge >= 0.3 is 6.09 Å². The average molecular weight is 482 g/mol. The van der Waals surface area contributed by atoms with E-state index in [4.69, 9.17) is 9.47 Å². The van der Waals surface area contributed by atoms with Gasteiger partial charge < -0.3 is 9.47 Å². The normalized spacial score (nSPS) is 35.8. The van der Waals surface area contributed by atoms with E-state index in [1.165, 1.54) is 60.8 Å². The van der Waals surface area contributed by atoms with Crippen molar-refractivity contribution >= 4 is 6.09 Å². The van der Waals surface area contributed by atoms with E-state index >= 15 is 0 Å². The van der Waals surface area contributed by atoms with Crippen molar-refractivity contribution in [2.24, 2.45) is 23.2 Å². The highest BCUT2D eigenvalue weighted by Gasteiger charge is 2.54. The zero-order valence-corrected chi connectivity index (χ0v) is 20.9. The van der Waals surface area contributed by atoms with Gasteiger partial charge in [0.15, 0.2) is 0 Å². The Bertz CT molecular complexity index is 1170. The summed E-state index contributed by atoms with van der Waals surface area (Å²) >= 11 is 0. The predicted octanol–water partition coefficient (Wildman–Crippen LogP) is 6.55. The fourth-order valence-corrected chi connectivity index (χ4v) is 9.45. The molecule has 7 aliphatic rings. The highest BCUT2D eigenvalue weighted by molar-refractivity contribution is 5.79. The highest BCUT2D eigenvalue weighted by Crippen LogP contribution is 2.64. The van der Waals surface area contributed by atoms with E-state index in [0.29, 0.717) is 25.2 Å². The van der Waals surface area contributed by atoms with Crippen LogP contribution >= 0.6 is 0 Å². The molecule has 186 valence electrons. The van der Waals surface area contributed by atoms with Gasteiger partial charge in [-0.3, -0.25) is 4.90 Å². The molecule has 5 aliphatic carbocycles. The van der Waals surface area contributed by atoms with Crippen molar-refractivity contribution in [2.45, 2.75) is 62.9 Å². The van der Waals surface area contributed by atoms with Crippen LogP contribution in [0.15, 0.2) is 60.2 Å². The van der Waals surface area contributed by atoms with Crippen molar-refractivity contribution in [1.29, 1.82) is 0 Å². The lowest BCUT2D eigenvalue weighted by Crippen LogP contribution is -2.58. The molecular formula is C32H35NO3. The molecule has 1 saturated heterocycles. The number of nitrogens with zero attached hydrogens (tertiary/aromatic N) is 1. The van der Waals surface area contributed by atoms with Gasteiger partial charge in [0.2, 0.25) is 0 Å². The molecule has 36 heavy (non-hydrogen) atoms. The standard InChI is InChI=1S/C32H35NO3/c34-31(36-19-30-28-7-3-1-5-26(28)27-6-2-4-8-29(27)30)33-24-12-23(13-25(33)18-35-17-24)32-14-20-9-21(15-32)11-22(10-20)16-32/h1-8,12,20-22,24-25,30H,9-11,13-19H2. The molecule has 2 atom stereocenters. The summed E-state index contributed by atoms with van der Waals surface area (Å²) in [7, 11) is 0.